The zero-order valence-electron chi connectivity index (χ0n) is 10.7. The Bertz CT molecular complexity index is 879. The number of carbonyl (C=O) groups excluding carboxylic acids is 1. The van der Waals surface area contributed by atoms with Crippen LogP contribution in [0, 0.1) is 11.3 Å². The Morgan fingerprint density at radius 2 is 2.10 bits per heavy atom. The zero-order chi connectivity index (χ0) is 14.8. The number of nitrogens with one attached hydrogen (secondary N) is 2. The fraction of sp³-hybridized carbons (Fsp3) is 0. The molecule has 3 aromatic rings. The fourth-order valence-electron chi connectivity index (χ4n) is 2.04. The van der Waals surface area contributed by atoms with Gasteiger partial charge in [0.05, 0.1) is 16.8 Å². The first-order chi connectivity index (χ1) is 10.2. The second-order valence-corrected chi connectivity index (χ2v) is 5.29. The number of carbonyl (C=O) groups is 1. The van der Waals surface area contributed by atoms with E-state index in [2.05, 4.69) is 37.5 Å². The highest BCUT2D eigenvalue weighted by atomic mass is 79.9. The summed E-state index contributed by atoms with van der Waals surface area (Å²) in [6, 6.07) is 14.5. The van der Waals surface area contributed by atoms with Gasteiger partial charge in [-0.3, -0.25) is 9.89 Å². The number of hydrogen-bond acceptors (Lipinski definition) is 3. The van der Waals surface area contributed by atoms with Gasteiger partial charge >= 0.3 is 0 Å². The largest absolute Gasteiger partial charge is 0.319 e. The molecule has 0 radical (unpaired) electrons. The zero-order valence-corrected chi connectivity index (χ0v) is 12.3. The Balaban J connectivity index is 1.96. The van der Waals surface area contributed by atoms with Gasteiger partial charge in [-0.05, 0) is 24.3 Å². The van der Waals surface area contributed by atoms with E-state index >= 15 is 0 Å². The summed E-state index contributed by atoms with van der Waals surface area (Å²) in [5, 5.41) is 19.4. The van der Waals surface area contributed by atoms with Crippen LogP contribution in [0.1, 0.15) is 16.1 Å². The van der Waals surface area contributed by atoms with Crippen LogP contribution < -0.4 is 5.32 Å². The number of anilines is 1. The van der Waals surface area contributed by atoms with Gasteiger partial charge in [0.1, 0.15) is 6.07 Å². The van der Waals surface area contributed by atoms with Crippen LogP contribution in [-0.4, -0.2) is 16.1 Å². The van der Waals surface area contributed by atoms with Gasteiger partial charge < -0.3 is 5.32 Å². The number of para-hydroxylation sites is 1. The molecule has 5 nitrogen and oxygen atoms in total. The second-order valence-electron chi connectivity index (χ2n) is 4.37. The van der Waals surface area contributed by atoms with Gasteiger partial charge in [0.25, 0.3) is 5.91 Å². The molecule has 0 saturated carbocycles. The van der Waals surface area contributed by atoms with Gasteiger partial charge in [0, 0.05) is 9.86 Å². The van der Waals surface area contributed by atoms with E-state index in [0.717, 1.165) is 15.4 Å². The van der Waals surface area contributed by atoms with Crippen molar-refractivity contribution in [2.45, 2.75) is 0 Å². The van der Waals surface area contributed by atoms with Crippen molar-refractivity contribution >= 4 is 38.4 Å². The number of aromatic amines is 1. The number of benzene rings is 2. The van der Waals surface area contributed by atoms with E-state index in [9.17, 15) is 4.79 Å². The monoisotopic (exact) mass is 340 g/mol. The molecular weight excluding hydrogens is 332 g/mol. The molecule has 0 fully saturated rings. The lowest BCUT2D eigenvalue weighted by atomic mass is 10.1. The molecule has 2 N–H and O–H groups in total. The molecule has 0 unspecified atom stereocenters. The van der Waals surface area contributed by atoms with E-state index in [1.807, 2.05) is 24.3 Å². The van der Waals surface area contributed by atoms with Gasteiger partial charge in [-0.25, -0.2) is 0 Å². The molecule has 0 aliphatic carbocycles. The molecule has 0 spiro atoms. The minimum atomic E-state index is -0.355. The fourth-order valence-corrected chi connectivity index (χ4v) is 2.40. The first-order valence-corrected chi connectivity index (χ1v) is 6.92. The Kier molecular flexibility index (Phi) is 3.42. The lowest BCUT2D eigenvalue weighted by Crippen LogP contribution is -2.13. The van der Waals surface area contributed by atoms with Crippen LogP contribution in [0.2, 0.25) is 0 Å². The number of nitriles is 1. The summed E-state index contributed by atoms with van der Waals surface area (Å²) in [7, 11) is 0. The topological polar surface area (TPSA) is 81.6 Å². The van der Waals surface area contributed by atoms with Crippen LogP contribution in [0.15, 0.2) is 46.9 Å². The van der Waals surface area contributed by atoms with Crippen molar-refractivity contribution in [3.8, 4) is 6.07 Å². The van der Waals surface area contributed by atoms with Crippen molar-refractivity contribution in [2.75, 3.05) is 5.32 Å². The van der Waals surface area contributed by atoms with Gasteiger partial charge in [-0.15, -0.1) is 0 Å². The maximum absolute atomic E-state index is 12.3. The third-order valence-corrected chi connectivity index (χ3v) is 3.53. The van der Waals surface area contributed by atoms with Crippen LogP contribution in [-0.2, 0) is 0 Å². The van der Waals surface area contributed by atoms with Crippen molar-refractivity contribution in [3.63, 3.8) is 0 Å². The summed E-state index contributed by atoms with van der Waals surface area (Å²) in [4.78, 5) is 12.3. The molecule has 1 amide bonds. The maximum Gasteiger partial charge on any atom is 0.276 e. The first kappa shape index (κ1) is 13.3. The van der Waals surface area contributed by atoms with E-state index in [0.29, 0.717) is 16.9 Å². The van der Waals surface area contributed by atoms with Gasteiger partial charge in [0.15, 0.2) is 5.69 Å². The number of H-pyrrole nitrogens is 1. The van der Waals surface area contributed by atoms with Gasteiger partial charge in [-0.1, -0.05) is 34.1 Å². The molecule has 0 aliphatic rings. The summed E-state index contributed by atoms with van der Waals surface area (Å²) in [6.07, 6.45) is 0. The molecule has 6 heteroatoms. The first-order valence-electron chi connectivity index (χ1n) is 6.13. The Morgan fingerprint density at radius 1 is 1.29 bits per heavy atom. The molecule has 0 atom stereocenters. The molecule has 3 rings (SSSR count). The highest BCUT2D eigenvalue weighted by molar-refractivity contribution is 9.10. The average molecular weight is 341 g/mol. The van der Waals surface area contributed by atoms with Crippen LogP contribution in [0.3, 0.4) is 0 Å². The molecular formula is C15H9BrN4O. The third-order valence-electron chi connectivity index (χ3n) is 3.04. The number of fused-ring (bicyclic) bond motifs is 1. The van der Waals surface area contributed by atoms with E-state index in [4.69, 9.17) is 5.26 Å². The Morgan fingerprint density at radius 3 is 2.90 bits per heavy atom. The predicted molar refractivity (Wildman–Crippen MR) is 82.9 cm³/mol. The predicted octanol–water partition coefficient (Wildman–Crippen LogP) is 3.45. The molecule has 1 heterocycles. The summed E-state index contributed by atoms with van der Waals surface area (Å²) >= 11 is 3.29. The molecule has 0 saturated heterocycles. The van der Waals surface area contributed by atoms with Crippen molar-refractivity contribution < 1.29 is 4.79 Å². The smallest absolute Gasteiger partial charge is 0.276 e. The van der Waals surface area contributed by atoms with Crippen LogP contribution in [0.25, 0.3) is 10.9 Å². The molecule has 1 aromatic heterocycles. The maximum atomic E-state index is 12.3. The van der Waals surface area contributed by atoms with Crippen LogP contribution >= 0.6 is 15.9 Å². The van der Waals surface area contributed by atoms with E-state index in [1.54, 1.807) is 18.2 Å². The number of aromatic nitrogens is 2. The minimum Gasteiger partial charge on any atom is -0.319 e. The standard InChI is InChI=1S/C15H9BrN4O/c16-10-5-6-12(9(7-10)8-17)18-15(21)14-11-3-1-2-4-13(11)19-20-14/h1-7H,(H,18,21)(H,19,20). The minimum absolute atomic E-state index is 0.303. The van der Waals surface area contributed by atoms with E-state index in [1.165, 1.54) is 0 Å². The van der Waals surface area contributed by atoms with Crippen molar-refractivity contribution in [1.82, 2.24) is 10.2 Å². The average Bonchev–Trinajstić information content (AvgIpc) is 2.93. The number of rotatable bonds is 2. The van der Waals surface area contributed by atoms with E-state index in [-0.39, 0.29) is 5.91 Å². The number of halogens is 1. The summed E-state index contributed by atoms with van der Waals surface area (Å²) in [5.74, 6) is -0.355. The highest BCUT2D eigenvalue weighted by Crippen LogP contribution is 2.22. The second kappa shape index (κ2) is 5.38. The molecule has 102 valence electrons. The quantitative estimate of drug-likeness (QED) is 0.749. The highest BCUT2D eigenvalue weighted by Gasteiger charge is 2.15. The number of amides is 1. The van der Waals surface area contributed by atoms with Gasteiger partial charge in [0.2, 0.25) is 0 Å². The van der Waals surface area contributed by atoms with Gasteiger partial charge in [-0.2, -0.15) is 10.4 Å². The lowest BCUT2D eigenvalue weighted by Gasteiger charge is -2.06. The molecule has 21 heavy (non-hydrogen) atoms. The van der Waals surface area contributed by atoms with Crippen molar-refractivity contribution in [1.29, 1.82) is 5.26 Å². The summed E-state index contributed by atoms with van der Waals surface area (Å²) < 4.78 is 0.780. The number of hydrogen-bond donors (Lipinski definition) is 2. The SMILES string of the molecule is N#Cc1cc(Br)ccc1NC(=O)c1n[nH]c2ccccc12. The van der Waals surface area contributed by atoms with Crippen LogP contribution in [0.5, 0.6) is 0 Å². The molecule has 0 aliphatic heterocycles. The van der Waals surface area contributed by atoms with Crippen LogP contribution in [0.4, 0.5) is 5.69 Å². The Hall–Kier alpha value is -2.65. The van der Waals surface area contributed by atoms with Crippen molar-refractivity contribution in [2.24, 2.45) is 0 Å². The molecule has 2 aromatic carbocycles. The Labute approximate surface area is 128 Å². The van der Waals surface area contributed by atoms with E-state index < -0.39 is 0 Å². The normalized spacial score (nSPS) is 10.3. The summed E-state index contributed by atoms with van der Waals surface area (Å²) in [6.45, 7) is 0. The number of nitrogens with zero attached hydrogens (tertiary/aromatic N) is 2. The third kappa shape index (κ3) is 2.51. The molecule has 0 bridgehead atoms. The van der Waals surface area contributed by atoms with Crippen molar-refractivity contribution in [3.05, 3.63) is 58.2 Å². The lowest BCUT2D eigenvalue weighted by molar-refractivity contribution is 0.102. The summed E-state index contributed by atoms with van der Waals surface area (Å²) in [5.41, 5.74) is 1.94.